The highest BCUT2D eigenvalue weighted by Gasteiger charge is 2.17. The van der Waals surface area contributed by atoms with E-state index < -0.39 is 15.9 Å². The lowest BCUT2D eigenvalue weighted by atomic mass is 10.2. The summed E-state index contributed by atoms with van der Waals surface area (Å²) in [4.78, 5) is 13.3. The van der Waals surface area contributed by atoms with E-state index in [2.05, 4.69) is 20.2 Å². The van der Waals surface area contributed by atoms with Crippen molar-refractivity contribution in [3.05, 3.63) is 76.6 Å². The Balaban J connectivity index is 1.49. The molecule has 2 aromatic heterocycles. The van der Waals surface area contributed by atoms with Crippen molar-refractivity contribution in [1.82, 2.24) is 10.2 Å². The van der Waals surface area contributed by atoms with Crippen LogP contribution >= 0.6 is 22.9 Å². The third kappa shape index (κ3) is 4.51. The molecule has 0 bridgehead atoms. The molecule has 0 aliphatic rings. The zero-order chi connectivity index (χ0) is 21.1. The second-order valence-corrected chi connectivity index (χ2v) is 9.05. The number of sulfonamides is 1. The second kappa shape index (κ2) is 8.27. The Bertz CT molecular complexity index is 1290. The molecule has 0 aliphatic carbocycles. The van der Waals surface area contributed by atoms with Crippen molar-refractivity contribution in [3.8, 4) is 10.8 Å². The summed E-state index contributed by atoms with van der Waals surface area (Å²) < 4.78 is 32.9. The third-order valence-electron chi connectivity index (χ3n) is 3.88. The number of amides is 1. The largest absolute Gasteiger partial charge is 0.402 e. The van der Waals surface area contributed by atoms with Gasteiger partial charge in [-0.25, -0.2) is 8.42 Å². The van der Waals surface area contributed by atoms with Crippen LogP contribution in [0.15, 0.2) is 75.4 Å². The predicted octanol–water partition coefficient (Wildman–Crippen LogP) is 4.50. The molecule has 0 radical (unpaired) electrons. The van der Waals surface area contributed by atoms with Crippen LogP contribution < -0.4 is 10.0 Å². The fraction of sp³-hybridized carbons (Fsp3) is 0. The van der Waals surface area contributed by atoms with Gasteiger partial charge in [-0.2, -0.15) is 0 Å². The number of aromatic nitrogens is 2. The topological polar surface area (TPSA) is 114 Å². The highest BCUT2D eigenvalue weighted by Crippen LogP contribution is 2.25. The molecule has 11 heteroatoms. The van der Waals surface area contributed by atoms with Crippen LogP contribution in [0.25, 0.3) is 10.8 Å². The molecule has 0 fully saturated rings. The van der Waals surface area contributed by atoms with Crippen molar-refractivity contribution in [2.75, 3.05) is 10.0 Å². The summed E-state index contributed by atoms with van der Waals surface area (Å²) in [6.07, 6.45) is 0. The summed E-state index contributed by atoms with van der Waals surface area (Å²) in [6, 6.07) is 15.4. The molecule has 30 heavy (non-hydrogen) atoms. The van der Waals surface area contributed by atoms with Crippen molar-refractivity contribution in [1.29, 1.82) is 0 Å². The number of thiophene rings is 1. The number of carbonyl (C=O) groups excluding carboxylic acids is 1. The zero-order valence-corrected chi connectivity index (χ0v) is 17.5. The fourth-order valence-corrected chi connectivity index (χ4v) is 4.31. The normalized spacial score (nSPS) is 11.2. The van der Waals surface area contributed by atoms with Crippen molar-refractivity contribution in [2.24, 2.45) is 0 Å². The van der Waals surface area contributed by atoms with Gasteiger partial charge in [0.15, 0.2) is 0 Å². The van der Waals surface area contributed by atoms with Crippen LogP contribution in [0.1, 0.15) is 10.4 Å². The molecule has 1 amide bonds. The number of hydrogen-bond donors (Lipinski definition) is 2. The van der Waals surface area contributed by atoms with Gasteiger partial charge in [0.05, 0.1) is 9.77 Å². The van der Waals surface area contributed by atoms with E-state index in [0.717, 1.165) is 4.88 Å². The molecule has 4 aromatic rings. The zero-order valence-electron chi connectivity index (χ0n) is 15.1. The number of anilines is 2. The standard InChI is InChI=1S/C19H13ClN4O4S2/c20-13-6-8-15(9-7-13)30(26,27)24-14-4-1-3-12(11-14)17(25)21-19-23-22-18(28-19)16-5-2-10-29-16/h1-11,24H,(H,21,23,25). The van der Waals surface area contributed by atoms with Crippen LogP contribution in [0.2, 0.25) is 5.02 Å². The average Bonchev–Trinajstić information content (AvgIpc) is 3.40. The maximum Gasteiger partial charge on any atom is 0.322 e. The first-order valence-electron chi connectivity index (χ1n) is 8.48. The van der Waals surface area contributed by atoms with Crippen LogP contribution in [0.3, 0.4) is 0 Å². The van der Waals surface area contributed by atoms with Crippen molar-refractivity contribution >= 4 is 50.6 Å². The van der Waals surface area contributed by atoms with Crippen LogP contribution in [-0.2, 0) is 10.0 Å². The molecule has 0 saturated heterocycles. The minimum Gasteiger partial charge on any atom is -0.402 e. The van der Waals surface area contributed by atoms with Gasteiger partial charge >= 0.3 is 6.01 Å². The van der Waals surface area contributed by atoms with E-state index in [9.17, 15) is 13.2 Å². The first kappa shape index (κ1) is 20.1. The van der Waals surface area contributed by atoms with Gasteiger partial charge in [-0.05, 0) is 53.9 Å². The molecule has 8 nitrogen and oxygen atoms in total. The molecular formula is C19H13ClN4O4S2. The second-order valence-electron chi connectivity index (χ2n) is 5.98. The third-order valence-corrected chi connectivity index (χ3v) is 6.39. The van der Waals surface area contributed by atoms with E-state index in [4.69, 9.17) is 16.0 Å². The maximum absolute atomic E-state index is 12.5. The molecule has 0 atom stereocenters. The molecule has 152 valence electrons. The summed E-state index contributed by atoms with van der Waals surface area (Å²) in [5, 5.41) is 12.5. The Morgan fingerprint density at radius 1 is 1.03 bits per heavy atom. The first-order valence-corrected chi connectivity index (χ1v) is 11.2. The summed E-state index contributed by atoms with van der Waals surface area (Å²) >= 11 is 7.23. The minimum absolute atomic E-state index is 0.0497. The number of benzene rings is 2. The van der Waals surface area contributed by atoms with Gasteiger partial charge in [0.2, 0.25) is 0 Å². The maximum atomic E-state index is 12.5. The van der Waals surface area contributed by atoms with E-state index in [-0.39, 0.29) is 22.2 Å². The summed E-state index contributed by atoms with van der Waals surface area (Å²) in [5.41, 5.74) is 0.435. The van der Waals surface area contributed by atoms with Gasteiger partial charge in [-0.3, -0.25) is 14.8 Å². The number of hydrogen-bond acceptors (Lipinski definition) is 7. The molecule has 4 rings (SSSR count). The Kier molecular flexibility index (Phi) is 5.53. The molecule has 0 spiro atoms. The van der Waals surface area contributed by atoms with Gasteiger partial charge in [0.1, 0.15) is 0 Å². The molecule has 2 N–H and O–H groups in total. The monoisotopic (exact) mass is 460 g/mol. The number of carbonyl (C=O) groups is 1. The molecule has 2 aromatic carbocycles. The van der Waals surface area contributed by atoms with E-state index >= 15 is 0 Å². The summed E-state index contributed by atoms with van der Waals surface area (Å²) in [5.74, 6) is -0.228. The molecule has 0 unspecified atom stereocenters. The first-order chi connectivity index (χ1) is 14.4. The Hall–Kier alpha value is -3.21. The SMILES string of the molecule is O=C(Nc1nnc(-c2cccs2)o1)c1cccc(NS(=O)(=O)c2ccc(Cl)cc2)c1. The van der Waals surface area contributed by atoms with E-state index in [1.165, 1.54) is 53.8 Å². The van der Waals surface area contributed by atoms with Crippen LogP contribution in [0.5, 0.6) is 0 Å². The number of halogens is 1. The van der Waals surface area contributed by atoms with Crippen LogP contribution in [0, 0.1) is 0 Å². The van der Waals surface area contributed by atoms with Crippen molar-refractivity contribution < 1.29 is 17.6 Å². The smallest absolute Gasteiger partial charge is 0.322 e. The van der Waals surface area contributed by atoms with E-state index in [1.54, 1.807) is 6.07 Å². The number of nitrogens with one attached hydrogen (secondary N) is 2. The average molecular weight is 461 g/mol. The summed E-state index contributed by atoms with van der Waals surface area (Å²) in [6.45, 7) is 0. The van der Waals surface area contributed by atoms with Gasteiger partial charge in [0, 0.05) is 16.3 Å². The molecule has 0 aliphatic heterocycles. The van der Waals surface area contributed by atoms with E-state index in [1.807, 2.05) is 17.5 Å². The lowest BCUT2D eigenvalue weighted by molar-refractivity contribution is 0.102. The summed E-state index contributed by atoms with van der Waals surface area (Å²) in [7, 11) is -3.83. The van der Waals surface area contributed by atoms with Gasteiger partial charge < -0.3 is 4.42 Å². The van der Waals surface area contributed by atoms with Gasteiger partial charge in [-0.1, -0.05) is 28.8 Å². The lowest BCUT2D eigenvalue weighted by Crippen LogP contribution is -2.15. The lowest BCUT2D eigenvalue weighted by Gasteiger charge is -2.09. The van der Waals surface area contributed by atoms with Crippen molar-refractivity contribution in [2.45, 2.75) is 4.90 Å². The van der Waals surface area contributed by atoms with Gasteiger partial charge in [-0.15, -0.1) is 16.4 Å². The van der Waals surface area contributed by atoms with E-state index in [0.29, 0.717) is 10.9 Å². The number of nitrogens with zero attached hydrogens (tertiary/aromatic N) is 2. The van der Waals surface area contributed by atoms with Crippen LogP contribution in [0.4, 0.5) is 11.7 Å². The quantitative estimate of drug-likeness (QED) is 0.437. The number of rotatable bonds is 6. The van der Waals surface area contributed by atoms with Crippen LogP contribution in [-0.4, -0.2) is 24.5 Å². The molecule has 0 saturated carbocycles. The highest BCUT2D eigenvalue weighted by molar-refractivity contribution is 7.92. The minimum atomic E-state index is -3.83. The van der Waals surface area contributed by atoms with Gasteiger partial charge in [0.25, 0.3) is 21.8 Å². The Labute approximate surface area is 180 Å². The molecular weight excluding hydrogens is 448 g/mol. The highest BCUT2D eigenvalue weighted by atomic mass is 35.5. The molecule has 2 heterocycles. The van der Waals surface area contributed by atoms with Crippen molar-refractivity contribution in [3.63, 3.8) is 0 Å². The fourth-order valence-electron chi connectivity index (χ4n) is 2.49. The predicted molar refractivity (Wildman–Crippen MR) is 114 cm³/mol. The Morgan fingerprint density at radius 3 is 2.57 bits per heavy atom. The Morgan fingerprint density at radius 2 is 1.83 bits per heavy atom.